The predicted molar refractivity (Wildman–Crippen MR) is 108 cm³/mol. The minimum Gasteiger partial charge on any atom is -0.369 e. The van der Waals surface area contributed by atoms with Gasteiger partial charge in [-0.15, -0.1) is 12.4 Å². The zero-order valence-corrected chi connectivity index (χ0v) is 17.2. The van der Waals surface area contributed by atoms with Crippen LogP contribution in [0.1, 0.15) is 30.7 Å². The lowest BCUT2D eigenvalue weighted by molar-refractivity contribution is 0.163. The standard InChI is InChI=1S/C19H27FN6O.ClH/c1-14(19-22-18(23-27-19)17-13-21-7-8-24(17)2)25-9-11-26(12-10-25)16-5-3-15(20)4-6-16;/h3-6,14,17,21H,7-13H2,1-2H3;1H. The van der Waals surface area contributed by atoms with Crippen LogP contribution in [0.2, 0.25) is 0 Å². The highest BCUT2D eigenvalue weighted by atomic mass is 35.5. The zero-order chi connectivity index (χ0) is 18.8. The maximum atomic E-state index is 13.1. The number of halogens is 2. The molecule has 0 spiro atoms. The van der Waals surface area contributed by atoms with Crippen LogP contribution in [0.25, 0.3) is 0 Å². The Bertz CT molecular complexity index is 749. The molecule has 0 saturated carbocycles. The number of rotatable bonds is 4. The quantitative estimate of drug-likeness (QED) is 0.828. The van der Waals surface area contributed by atoms with Gasteiger partial charge in [0.1, 0.15) is 5.82 Å². The van der Waals surface area contributed by atoms with E-state index in [9.17, 15) is 4.39 Å². The molecule has 0 aliphatic carbocycles. The summed E-state index contributed by atoms with van der Waals surface area (Å²) >= 11 is 0. The van der Waals surface area contributed by atoms with Gasteiger partial charge in [0.25, 0.3) is 0 Å². The average molecular weight is 411 g/mol. The van der Waals surface area contributed by atoms with E-state index in [2.05, 4.69) is 44.1 Å². The van der Waals surface area contributed by atoms with E-state index in [0.29, 0.717) is 5.89 Å². The Morgan fingerprint density at radius 3 is 2.54 bits per heavy atom. The molecule has 28 heavy (non-hydrogen) atoms. The molecule has 0 amide bonds. The zero-order valence-electron chi connectivity index (χ0n) is 16.3. The first-order valence-electron chi connectivity index (χ1n) is 9.61. The Labute approximate surface area is 171 Å². The van der Waals surface area contributed by atoms with Crippen LogP contribution in [0, 0.1) is 5.82 Å². The molecule has 2 aromatic rings. The third kappa shape index (κ3) is 4.46. The van der Waals surface area contributed by atoms with Crippen molar-refractivity contribution in [1.82, 2.24) is 25.3 Å². The summed E-state index contributed by atoms with van der Waals surface area (Å²) in [6.45, 7) is 8.54. The van der Waals surface area contributed by atoms with E-state index >= 15 is 0 Å². The Balaban J connectivity index is 0.00000225. The lowest BCUT2D eigenvalue weighted by atomic mass is 10.2. The molecule has 2 saturated heterocycles. The first-order valence-corrected chi connectivity index (χ1v) is 9.61. The normalized spacial score (nSPS) is 22.7. The molecular formula is C19H28ClFN6O. The molecule has 2 atom stereocenters. The molecule has 1 N–H and O–H groups in total. The topological polar surface area (TPSA) is 60.7 Å². The van der Waals surface area contributed by atoms with Crippen molar-refractivity contribution in [2.24, 2.45) is 0 Å². The molecule has 2 aliphatic heterocycles. The highest BCUT2D eigenvalue weighted by Gasteiger charge is 2.29. The van der Waals surface area contributed by atoms with Gasteiger partial charge in [-0.05, 0) is 38.2 Å². The number of benzene rings is 1. The Morgan fingerprint density at radius 1 is 1.14 bits per heavy atom. The molecule has 0 bridgehead atoms. The van der Waals surface area contributed by atoms with Crippen molar-refractivity contribution < 1.29 is 8.91 Å². The van der Waals surface area contributed by atoms with Crippen LogP contribution >= 0.6 is 12.4 Å². The van der Waals surface area contributed by atoms with Gasteiger partial charge in [0, 0.05) is 51.5 Å². The lowest BCUT2D eigenvalue weighted by Gasteiger charge is -2.38. The van der Waals surface area contributed by atoms with Crippen molar-refractivity contribution in [3.8, 4) is 0 Å². The van der Waals surface area contributed by atoms with Crippen LogP contribution in [0.15, 0.2) is 28.8 Å². The van der Waals surface area contributed by atoms with E-state index in [0.717, 1.165) is 57.3 Å². The van der Waals surface area contributed by atoms with Crippen LogP contribution in [0.3, 0.4) is 0 Å². The van der Waals surface area contributed by atoms with Crippen molar-refractivity contribution in [2.45, 2.75) is 19.0 Å². The van der Waals surface area contributed by atoms with Gasteiger partial charge in [-0.3, -0.25) is 9.80 Å². The second-order valence-electron chi connectivity index (χ2n) is 7.37. The third-order valence-electron chi connectivity index (χ3n) is 5.68. The molecule has 154 valence electrons. The van der Waals surface area contributed by atoms with Crippen molar-refractivity contribution in [2.75, 3.05) is 57.8 Å². The third-order valence-corrected chi connectivity index (χ3v) is 5.68. The number of anilines is 1. The summed E-state index contributed by atoms with van der Waals surface area (Å²) in [4.78, 5) is 11.6. The number of piperazine rings is 2. The fourth-order valence-corrected chi connectivity index (χ4v) is 3.82. The average Bonchev–Trinajstić information content (AvgIpc) is 3.18. The van der Waals surface area contributed by atoms with Gasteiger partial charge in [0.2, 0.25) is 5.89 Å². The number of hydrogen-bond donors (Lipinski definition) is 1. The number of nitrogens with zero attached hydrogens (tertiary/aromatic N) is 5. The maximum Gasteiger partial charge on any atom is 0.243 e. The van der Waals surface area contributed by atoms with Crippen molar-refractivity contribution in [3.63, 3.8) is 0 Å². The number of nitrogens with one attached hydrogen (secondary N) is 1. The van der Waals surface area contributed by atoms with Gasteiger partial charge in [-0.1, -0.05) is 5.16 Å². The maximum absolute atomic E-state index is 13.1. The van der Waals surface area contributed by atoms with Crippen LogP contribution in [-0.4, -0.2) is 72.8 Å². The summed E-state index contributed by atoms with van der Waals surface area (Å²) < 4.78 is 18.7. The first kappa shape index (κ1) is 21.0. The van der Waals surface area contributed by atoms with Gasteiger partial charge < -0.3 is 14.7 Å². The monoisotopic (exact) mass is 410 g/mol. The second-order valence-corrected chi connectivity index (χ2v) is 7.37. The highest BCUT2D eigenvalue weighted by Crippen LogP contribution is 2.25. The van der Waals surface area contributed by atoms with Crippen LogP contribution in [-0.2, 0) is 0 Å². The highest BCUT2D eigenvalue weighted by molar-refractivity contribution is 5.85. The molecule has 2 aliphatic rings. The molecular weight excluding hydrogens is 383 g/mol. The summed E-state index contributed by atoms with van der Waals surface area (Å²) in [6, 6.07) is 6.96. The van der Waals surface area contributed by atoms with Crippen molar-refractivity contribution in [3.05, 3.63) is 41.8 Å². The smallest absolute Gasteiger partial charge is 0.243 e. The van der Waals surface area contributed by atoms with E-state index < -0.39 is 0 Å². The Kier molecular flexibility index (Phi) is 6.87. The molecule has 2 fully saturated rings. The summed E-state index contributed by atoms with van der Waals surface area (Å²) in [5.74, 6) is 1.24. The summed E-state index contributed by atoms with van der Waals surface area (Å²) in [7, 11) is 2.10. The number of likely N-dealkylation sites (N-methyl/N-ethyl adjacent to an activating group) is 1. The molecule has 1 aromatic carbocycles. The van der Waals surface area contributed by atoms with Gasteiger partial charge >= 0.3 is 0 Å². The molecule has 7 nitrogen and oxygen atoms in total. The van der Waals surface area contributed by atoms with Crippen molar-refractivity contribution in [1.29, 1.82) is 0 Å². The fourth-order valence-electron chi connectivity index (χ4n) is 3.82. The molecule has 4 rings (SSSR count). The van der Waals surface area contributed by atoms with E-state index in [1.807, 2.05) is 12.1 Å². The Morgan fingerprint density at radius 2 is 1.86 bits per heavy atom. The lowest BCUT2D eigenvalue weighted by Crippen LogP contribution is -2.47. The van der Waals surface area contributed by atoms with E-state index in [-0.39, 0.29) is 30.3 Å². The Hall–Kier alpha value is -1.74. The van der Waals surface area contributed by atoms with Gasteiger partial charge in [0.05, 0.1) is 12.1 Å². The van der Waals surface area contributed by atoms with E-state index in [4.69, 9.17) is 4.52 Å². The minimum absolute atomic E-state index is 0. The van der Waals surface area contributed by atoms with Crippen LogP contribution in [0.5, 0.6) is 0 Å². The molecule has 0 radical (unpaired) electrons. The van der Waals surface area contributed by atoms with Gasteiger partial charge in [-0.2, -0.15) is 4.98 Å². The van der Waals surface area contributed by atoms with Crippen LogP contribution in [0.4, 0.5) is 10.1 Å². The van der Waals surface area contributed by atoms with Gasteiger partial charge in [0.15, 0.2) is 5.82 Å². The molecule has 9 heteroatoms. The van der Waals surface area contributed by atoms with Crippen LogP contribution < -0.4 is 10.2 Å². The molecule has 2 unspecified atom stereocenters. The predicted octanol–water partition coefficient (Wildman–Crippen LogP) is 2.09. The largest absolute Gasteiger partial charge is 0.369 e. The van der Waals surface area contributed by atoms with Gasteiger partial charge in [-0.25, -0.2) is 4.39 Å². The first-order chi connectivity index (χ1) is 13.1. The van der Waals surface area contributed by atoms with E-state index in [1.165, 1.54) is 12.1 Å². The summed E-state index contributed by atoms with van der Waals surface area (Å²) in [5, 5.41) is 7.62. The van der Waals surface area contributed by atoms with E-state index in [1.54, 1.807) is 0 Å². The number of aromatic nitrogens is 2. The fraction of sp³-hybridized carbons (Fsp3) is 0.579. The molecule has 1 aromatic heterocycles. The number of hydrogen-bond acceptors (Lipinski definition) is 7. The van der Waals surface area contributed by atoms with Crippen molar-refractivity contribution >= 4 is 18.1 Å². The summed E-state index contributed by atoms with van der Waals surface area (Å²) in [6.07, 6.45) is 0. The molecule has 3 heterocycles. The second kappa shape index (κ2) is 9.17. The SMILES string of the molecule is CC(c1nc(C2CNCCN2C)no1)N1CCN(c2ccc(F)cc2)CC1.Cl. The minimum atomic E-state index is -0.197. The summed E-state index contributed by atoms with van der Waals surface area (Å²) in [5.41, 5.74) is 1.07.